The van der Waals surface area contributed by atoms with Gasteiger partial charge in [0.15, 0.2) is 0 Å². The Kier molecular flexibility index (Phi) is 9.10. The van der Waals surface area contributed by atoms with Crippen LogP contribution in [0.5, 0.6) is 5.75 Å². The summed E-state index contributed by atoms with van der Waals surface area (Å²) in [6, 6.07) is 19.0. The predicted molar refractivity (Wildman–Crippen MR) is 170 cm³/mol. The van der Waals surface area contributed by atoms with Crippen LogP contribution in [0.3, 0.4) is 0 Å². The molecule has 4 aromatic rings. The van der Waals surface area contributed by atoms with Gasteiger partial charge in [0.2, 0.25) is 0 Å². The molecular formula is C29H22BrCl2IN2O2S. The van der Waals surface area contributed by atoms with Crippen molar-refractivity contribution in [2.24, 2.45) is 4.99 Å². The molecule has 38 heavy (non-hydrogen) atoms. The highest BCUT2D eigenvalue weighted by Crippen LogP contribution is 2.40. The highest BCUT2D eigenvalue weighted by atomic mass is 127. The molecule has 0 saturated carbocycles. The summed E-state index contributed by atoms with van der Waals surface area (Å²) >= 11 is 19.7. The van der Waals surface area contributed by atoms with E-state index in [4.69, 9.17) is 32.9 Å². The number of halogens is 4. The summed E-state index contributed by atoms with van der Waals surface area (Å²) in [7, 11) is 0. The lowest BCUT2D eigenvalue weighted by Crippen LogP contribution is -2.14. The monoisotopic (exact) mass is 738 g/mol. The largest absolute Gasteiger partial charge is 0.487 e. The molecule has 1 heterocycles. The summed E-state index contributed by atoms with van der Waals surface area (Å²) in [4.78, 5) is 19.4. The number of thiophene rings is 1. The maximum atomic E-state index is 13.3. The smallest absolute Gasteiger partial charge is 0.259 e. The van der Waals surface area contributed by atoms with Crippen molar-refractivity contribution < 1.29 is 9.53 Å². The molecule has 0 aliphatic heterocycles. The number of para-hydroxylation sites is 1. The molecule has 0 atom stereocenters. The lowest BCUT2D eigenvalue weighted by molar-refractivity contribution is 0.102. The van der Waals surface area contributed by atoms with Crippen molar-refractivity contribution in [3.63, 3.8) is 0 Å². The molecule has 0 radical (unpaired) electrons. The number of benzene rings is 3. The molecular weight excluding hydrogens is 718 g/mol. The SMILES string of the molecule is O=C(Nc1ccccc1)c1c(N=Cc2cc(Br)c(OCc3ccc(Cl)c(Cl)c3)c(I)c2)sc2c1CCCC2. The fourth-order valence-electron chi connectivity index (χ4n) is 4.30. The molecule has 0 saturated heterocycles. The van der Waals surface area contributed by atoms with Gasteiger partial charge < -0.3 is 10.1 Å². The first-order chi connectivity index (χ1) is 18.4. The molecule has 1 aliphatic carbocycles. The molecule has 194 valence electrons. The number of nitrogens with one attached hydrogen (secondary N) is 1. The number of aliphatic imine (C=N–C) groups is 1. The number of hydrogen-bond acceptors (Lipinski definition) is 4. The quantitative estimate of drug-likeness (QED) is 0.152. The lowest BCUT2D eigenvalue weighted by atomic mass is 9.95. The third-order valence-corrected chi connectivity index (χ3v) is 9.46. The Morgan fingerprint density at radius 1 is 1.08 bits per heavy atom. The fraction of sp³-hybridized carbons (Fsp3) is 0.172. The van der Waals surface area contributed by atoms with Crippen LogP contribution >= 0.6 is 73.1 Å². The summed E-state index contributed by atoms with van der Waals surface area (Å²) < 4.78 is 7.83. The zero-order chi connectivity index (χ0) is 26.6. The second kappa shape index (κ2) is 12.5. The Morgan fingerprint density at radius 3 is 2.63 bits per heavy atom. The number of ether oxygens (including phenoxy) is 1. The molecule has 4 nitrogen and oxygen atoms in total. The zero-order valence-corrected chi connectivity index (χ0v) is 26.1. The van der Waals surface area contributed by atoms with E-state index in [1.807, 2.05) is 54.7 Å². The van der Waals surface area contributed by atoms with Crippen molar-refractivity contribution in [3.05, 3.63) is 106 Å². The summed E-state index contributed by atoms with van der Waals surface area (Å²) in [6.07, 6.45) is 5.95. The number of fused-ring (bicyclic) bond motifs is 1. The highest BCUT2D eigenvalue weighted by molar-refractivity contribution is 14.1. The van der Waals surface area contributed by atoms with E-state index in [2.05, 4.69) is 43.8 Å². The van der Waals surface area contributed by atoms with Gasteiger partial charge >= 0.3 is 0 Å². The highest BCUT2D eigenvalue weighted by Gasteiger charge is 2.25. The number of anilines is 1. The minimum atomic E-state index is -0.107. The molecule has 1 N–H and O–H groups in total. The van der Waals surface area contributed by atoms with E-state index in [1.165, 1.54) is 4.88 Å². The van der Waals surface area contributed by atoms with E-state index in [0.717, 1.165) is 66.9 Å². The molecule has 9 heteroatoms. The normalized spacial score (nSPS) is 12.9. The van der Waals surface area contributed by atoms with Crippen molar-refractivity contribution in [1.29, 1.82) is 0 Å². The summed E-state index contributed by atoms with van der Waals surface area (Å²) in [5.41, 5.74) is 4.45. The molecule has 3 aromatic carbocycles. The van der Waals surface area contributed by atoms with E-state index < -0.39 is 0 Å². The molecule has 0 bridgehead atoms. The van der Waals surface area contributed by atoms with E-state index in [0.29, 0.717) is 22.2 Å². The van der Waals surface area contributed by atoms with Crippen molar-refractivity contribution >= 4 is 95.9 Å². The van der Waals surface area contributed by atoms with E-state index >= 15 is 0 Å². The Morgan fingerprint density at radius 2 is 1.87 bits per heavy atom. The Bertz CT molecular complexity index is 1500. The van der Waals surface area contributed by atoms with Crippen LogP contribution in [-0.2, 0) is 19.4 Å². The number of hydrogen-bond donors (Lipinski definition) is 1. The first kappa shape index (κ1) is 27.6. The first-order valence-corrected chi connectivity index (χ1v) is 15.4. The van der Waals surface area contributed by atoms with Gasteiger partial charge in [-0.2, -0.15) is 0 Å². The van der Waals surface area contributed by atoms with Gasteiger partial charge in [0.05, 0.1) is 23.7 Å². The summed E-state index contributed by atoms with van der Waals surface area (Å²) in [6.45, 7) is 0.361. The zero-order valence-electron chi connectivity index (χ0n) is 20.1. The van der Waals surface area contributed by atoms with Gasteiger partial charge in [0, 0.05) is 16.8 Å². The van der Waals surface area contributed by atoms with Gasteiger partial charge in [0.25, 0.3) is 5.91 Å². The van der Waals surface area contributed by atoms with E-state index in [1.54, 1.807) is 23.5 Å². The number of rotatable bonds is 7. The standard InChI is InChI=1S/C29H22BrCl2IN2O2S/c30-21-12-18(14-24(33)27(21)37-16-17-10-11-22(31)23(32)13-17)15-34-29-26(20-8-4-5-9-25(20)38-29)28(36)35-19-6-2-1-3-7-19/h1-3,6-7,10-15H,4-5,8-9,16H2,(H,35,36). The number of carbonyl (C=O) groups excluding carboxylic acids is 1. The molecule has 5 rings (SSSR count). The summed E-state index contributed by atoms with van der Waals surface area (Å²) in [5, 5.41) is 4.81. The van der Waals surface area contributed by atoms with Crippen LogP contribution in [0, 0.1) is 3.57 Å². The molecule has 0 fully saturated rings. The average molecular weight is 740 g/mol. The van der Waals surface area contributed by atoms with Crippen molar-refractivity contribution in [2.75, 3.05) is 5.32 Å². The summed E-state index contributed by atoms with van der Waals surface area (Å²) in [5.74, 6) is 0.632. The van der Waals surface area contributed by atoms with E-state index in [-0.39, 0.29) is 5.91 Å². The number of nitrogens with zero attached hydrogens (tertiary/aromatic N) is 1. The predicted octanol–water partition coefficient (Wildman–Crippen LogP) is 9.88. The molecule has 0 spiro atoms. The van der Waals surface area contributed by atoms with Gasteiger partial charge in [-0.3, -0.25) is 4.79 Å². The van der Waals surface area contributed by atoms with E-state index in [9.17, 15) is 4.79 Å². The van der Waals surface area contributed by atoms with Crippen molar-refractivity contribution in [2.45, 2.75) is 32.3 Å². The Labute approximate surface area is 257 Å². The second-order valence-electron chi connectivity index (χ2n) is 8.82. The maximum Gasteiger partial charge on any atom is 0.259 e. The number of amides is 1. The molecule has 1 aromatic heterocycles. The first-order valence-electron chi connectivity index (χ1n) is 12.0. The average Bonchev–Trinajstić information content (AvgIpc) is 3.28. The topological polar surface area (TPSA) is 50.7 Å². The number of aryl methyl sites for hydroxylation is 1. The third-order valence-electron chi connectivity index (χ3n) is 6.13. The van der Waals surface area contributed by atoms with Crippen LogP contribution in [0.2, 0.25) is 10.0 Å². The minimum Gasteiger partial charge on any atom is -0.487 e. The maximum absolute atomic E-state index is 13.3. The van der Waals surface area contributed by atoms with Gasteiger partial charge in [-0.1, -0.05) is 47.5 Å². The van der Waals surface area contributed by atoms with Gasteiger partial charge in [-0.25, -0.2) is 4.99 Å². The van der Waals surface area contributed by atoms with Crippen LogP contribution < -0.4 is 10.1 Å². The third kappa shape index (κ3) is 6.45. The van der Waals surface area contributed by atoms with Gasteiger partial charge in [-0.05, 0) is 117 Å². The fourth-order valence-corrected chi connectivity index (χ4v) is 7.62. The van der Waals surface area contributed by atoms with Crippen molar-refractivity contribution in [1.82, 2.24) is 0 Å². The minimum absolute atomic E-state index is 0.107. The number of carbonyl (C=O) groups is 1. The van der Waals surface area contributed by atoms with Crippen LogP contribution in [0.25, 0.3) is 0 Å². The van der Waals surface area contributed by atoms with Crippen LogP contribution in [0.15, 0.2) is 70.1 Å². The van der Waals surface area contributed by atoms with Crippen LogP contribution in [0.4, 0.5) is 10.7 Å². The molecule has 1 aliphatic rings. The molecule has 1 amide bonds. The Balaban J connectivity index is 1.38. The Hall–Kier alpha value is -1.91. The molecule has 0 unspecified atom stereocenters. The second-order valence-corrected chi connectivity index (χ2v) is 12.7. The van der Waals surface area contributed by atoms with Crippen LogP contribution in [-0.4, -0.2) is 12.1 Å². The van der Waals surface area contributed by atoms with Crippen LogP contribution in [0.1, 0.15) is 44.8 Å². The van der Waals surface area contributed by atoms with Gasteiger partial charge in [0.1, 0.15) is 17.4 Å². The lowest BCUT2D eigenvalue weighted by Gasteiger charge is -2.13. The van der Waals surface area contributed by atoms with Crippen molar-refractivity contribution in [3.8, 4) is 5.75 Å². The van der Waals surface area contributed by atoms with Gasteiger partial charge in [-0.15, -0.1) is 11.3 Å².